The van der Waals surface area contributed by atoms with Crippen LogP contribution in [0.25, 0.3) is 0 Å². The first-order valence-corrected chi connectivity index (χ1v) is 4.40. The lowest BCUT2D eigenvalue weighted by Gasteiger charge is -1.92. The van der Waals surface area contributed by atoms with Gasteiger partial charge >= 0.3 is 11.6 Å². The summed E-state index contributed by atoms with van der Waals surface area (Å²) in [5.41, 5.74) is 0.307. The normalized spacial score (nSPS) is 15.3. The van der Waals surface area contributed by atoms with Crippen molar-refractivity contribution in [3.05, 3.63) is 11.1 Å². The van der Waals surface area contributed by atoms with Gasteiger partial charge in [0.1, 0.15) is 6.20 Å². The highest BCUT2D eigenvalue weighted by atomic mass is 16.8. The molecule has 6 heteroatoms. The zero-order chi connectivity index (χ0) is 10.1. The molecule has 1 aromatic rings. The lowest BCUT2D eigenvalue weighted by Crippen LogP contribution is -1.98. The molecule has 1 aliphatic carbocycles. The predicted molar refractivity (Wildman–Crippen MR) is 47.3 cm³/mol. The molecule has 0 spiro atoms. The summed E-state index contributed by atoms with van der Waals surface area (Å²) in [6.45, 7) is 0. The quantitative estimate of drug-likeness (QED) is 0.682. The Hall–Kier alpha value is -1.59. The van der Waals surface area contributed by atoms with Crippen molar-refractivity contribution in [2.75, 3.05) is 14.2 Å². The Balaban J connectivity index is 2.31. The number of methoxy groups -OCH3 is 1. The molecular weight excluding hydrogens is 186 g/mol. The second kappa shape index (κ2) is 3.28. The predicted octanol–water partition coefficient (Wildman–Crippen LogP) is 1.20. The van der Waals surface area contributed by atoms with Crippen LogP contribution in [0.2, 0.25) is 0 Å². The van der Waals surface area contributed by atoms with Gasteiger partial charge in [-0.3, -0.25) is 4.68 Å². The van der Waals surface area contributed by atoms with Crippen LogP contribution in [0.15, 0.2) is 6.20 Å². The monoisotopic (exact) mass is 198 g/mol. The van der Waals surface area contributed by atoms with Gasteiger partial charge in [0.15, 0.2) is 7.11 Å². The molecule has 0 bridgehead atoms. The maximum atomic E-state index is 11.2. The van der Waals surface area contributed by atoms with E-state index in [1.54, 1.807) is 10.9 Å². The zero-order valence-corrected chi connectivity index (χ0v) is 8.14. The van der Waals surface area contributed by atoms with Crippen LogP contribution in [0.4, 0.5) is 5.69 Å². The van der Waals surface area contributed by atoms with Crippen LogP contribution in [-0.2, 0) is 4.84 Å². The summed E-state index contributed by atoms with van der Waals surface area (Å²) in [5, 5.41) is 4.13. The zero-order valence-electron chi connectivity index (χ0n) is 8.14. The van der Waals surface area contributed by atoms with Gasteiger partial charge in [-0.05, 0) is 12.8 Å². The second-order valence-electron chi connectivity index (χ2n) is 3.17. The van der Waals surface area contributed by atoms with Crippen molar-refractivity contribution in [2.24, 2.45) is 0 Å². The largest absolute Gasteiger partial charge is 0.475 e. The van der Waals surface area contributed by atoms with Crippen molar-refractivity contribution < 1.29 is 14.5 Å². The van der Waals surface area contributed by atoms with Crippen LogP contribution >= 0.6 is 0 Å². The molecule has 1 saturated carbocycles. The molecule has 1 aliphatic rings. The van der Waals surface area contributed by atoms with E-state index in [1.165, 1.54) is 14.2 Å². The topological polar surface area (TPSA) is 56.4 Å². The summed E-state index contributed by atoms with van der Waals surface area (Å²) in [4.78, 5) is 16.1. The van der Waals surface area contributed by atoms with Crippen molar-refractivity contribution in [1.29, 1.82) is 0 Å². The summed E-state index contributed by atoms with van der Waals surface area (Å²) < 4.78 is 6.72. The molecule has 6 nitrogen and oxygen atoms in total. The molecule has 0 aliphatic heterocycles. The van der Waals surface area contributed by atoms with E-state index in [4.69, 9.17) is 4.74 Å². The van der Waals surface area contributed by atoms with Gasteiger partial charge in [-0.2, -0.15) is 0 Å². The molecule has 0 radical (unpaired) electrons. The van der Waals surface area contributed by atoms with Gasteiger partial charge in [0.05, 0.1) is 18.1 Å². The Morgan fingerprint density at radius 1 is 1.57 bits per heavy atom. The fraction of sp³-hybridized carbons (Fsp3) is 0.625. The van der Waals surface area contributed by atoms with Gasteiger partial charge in [-0.1, -0.05) is 0 Å². The smallest absolute Gasteiger partial charge is 0.397 e. The number of rotatable bonds is 4. The van der Waals surface area contributed by atoms with E-state index in [0.29, 0.717) is 22.5 Å². The van der Waals surface area contributed by atoms with Crippen LogP contribution in [0.5, 0.6) is 5.88 Å². The summed E-state index contributed by atoms with van der Waals surface area (Å²) >= 11 is 0. The minimum Gasteiger partial charge on any atom is -0.475 e. The first-order chi connectivity index (χ1) is 6.76. The average molecular weight is 198 g/mol. The lowest BCUT2D eigenvalue weighted by atomic mass is 10.5. The van der Waals surface area contributed by atoms with Gasteiger partial charge in [-0.15, -0.1) is 5.10 Å². The van der Waals surface area contributed by atoms with Crippen molar-refractivity contribution in [2.45, 2.75) is 18.9 Å². The fourth-order valence-corrected chi connectivity index (χ4v) is 1.26. The Morgan fingerprint density at radius 3 is 2.79 bits per heavy atom. The SMILES string of the molecule is COc1nn(C2CC2)cc1[N+](=O)OC. The van der Waals surface area contributed by atoms with Crippen molar-refractivity contribution in [3.8, 4) is 5.88 Å². The standard InChI is InChI=1S/C8H12N3O3/c1-13-8-7(11(12)14-2)5-10(9-8)6-3-4-6/h5-6H,3-4H2,1-2H3/q+1. The van der Waals surface area contributed by atoms with Crippen LogP contribution < -0.4 is 4.74 Å². The molecule has 76 valence electrons. The first-order valence-electron chi connectivity index (χ1n) is 4.40. The Bertz CT molecular complexity index is 357. The molecule has 1 aromatic heterocycles. The van der Waals surface area contributed by atoms with Crippen LogP contribution in [0, 0.1) is 4.91 Å². The van der Waals surface area contributed by atoms with E-state index >= 15 is 0 Å². The Labute approximate surface area is 80.9 Å². The Morgan fingerprint density at radius 2 is 2.29 bits per heavy atom. The molecule has 0 unspecified atom stereocenters. The molecule has 0 amide bonds. The summed E-state index contributed by atoms with van der Waals surface area (Å²) in [6, 6.07) is 0.419. The molecule has 0 atom stereocenters. The molecule has 2 rings (SSSR count). The van der Waals surface area contributed by atoms with E-state index in [9.17, 15) is 4.91 Å². The maximum Gasteiger partial charge on any atom is 0.397 e. The lowest BCUT2D eigenvalue weighted by molar-refractivity contribution is -0.736. The van der Waals surface area contributed by atoms with E-state index in [-0.39, 0.29) is 0 Å². The molecule has 1 fully saturated rings. The van der Waals surface area contributed by atoms with Crippen molar-refractivity contribution >= 4 is 5.69 Å². The number of aromatic nitrogens is 2. The fourth-order valence-electron chi connectivity index (χ4n) is 1.26. The highest BCUT2D eigenvalue weighted by Crippen LogP contribution is 2.37. The van der Waals surface area contributed by atoms with Crippen LogP contribution in [0.1, 0.15) is 18.9 Å². The third kappa shape index (κ3) is 1.43. The summed E-state index contributed by atoms with van der Waals surface area (Å²) in [5.74, 6) is 0.300. The molecule has 14 heavy (non-hydrogen) atoms. The van der Waals surface area contributed by atoms with Crippen LogP contribution in [0.3, 0.4) is 0 Å². The van der Waals surface area contributed by atoms with Gasteiger partial charge in [0, 0.05) is 0 Å². The minimum atomic E-state index is 0.300. The molecule has 0 aromatic carbocycles. The van der Waals surface area contributed by atoms with Crippen LogP contribution in [-0.4, -0.2) is 28.9 Å². The highest BCUT2D eigenvalue weighted by Gasteiger charge is 2.32. The molecular formula is C8H12N3O3+. The van der Waals surface area contributed by atoms with E-state index in [0.717, 1.165) is 12.8 Å². The second-order valence-corrected chi connectivity index (χ2v) is 3.17. The first kappa shape index (κ1) is 8.98. The van der Waals surface area contributed by atoms with E-state index < -0.39 is 0 Å². The third-order valence-corrected chi connectivity index (χ3v) is 2.16. The highest BCUT2D eigenvalue weighted by molar-refractivity contribution is 5.38. The van der Waals surface area contributed by atoms with Crippen molar-refractivity contribution in [3.63, 3.8) is 0 Å². The number of hydrogen-bond donors (Lipinski definition) is 0. The summed E-state index contributed by atoms with van der Waals surface area (Å²) in [7, 11) is 2.79. The number of nitrogens with zero attached hydrogens (tertiary/aromatic N) is 3. The van der Waals surface area contributed by atoms with E-state index in [2.05, 4.69) is 9.94 Å². The third-order valence-electron chi connectivity index (χ3n) is 2.16. The van der Waals surface area contributed by atoms with E-state index in [1.807, 2.05) is 0 Å². The molecule has 0 N–H and O–H groups in total. The van der Waals surface area contributed by atoms with Gasteiger partial charge in [-0.25, -0.2) is 4.84 Å². The number of ether oxygens (including phenoxy) is 1. The average Bonchev–Trinajstić information content (AvgIpc) is 2.97. The van der Waals surface area contributed by atoms with Gasteiger partial charge in [0.2, 0.25) is 0 Å². The summed E-state index contributed by atoms with van der Waals surface area (Å²) in [6.07, 6.45) is 3.86. The van der Waals surface area contributed by atoms with Gasteiger partial charge in [0.25, 0.3) is 4.92 Å². The number of hydrogen-bond acceptors (Lipinski definition) is 4. The van der Waals surface area contributed by atoms with Crippen molar-refractivity contribution in [1.82, 2.24) is 9.78 Å². The van der Waals surface area contributed by atoms with Gasteiger partial charge < -0.3 is 4.74 Å². The Kier molecular flexibility index (Phi) is 2.11. The minimum absolute atomic E-state index is 0.300. The maximum absolute atomic E-state index is 11.2. The molecule has 0 saturated heterocycles. The molecule has 1 heterocycles.